The Morgan fingerprint density at radius 3 is 2.63 bits per heavy atom. The Hall–Kier alpha value is -2.87. The van der Waals surface area contributed by atoms with E-state index in [-0.39, 0.29) is 11.7 Å². The van der Waals surface area contributed by atoms with E-state index in [0.29, 0.717) is 34.4 Å². The zero-order chi connectivity index (χ0) is 19.2. The van der Waals surface area contributed by atoms with Crippen LogP contribution < -0.4 is 10.1 Å². The van der Waals surface area contributed by atoms with Gasteiger partial charge in [0.15, 0.2) is 11.0 Å². The normalized spacial score (nSPS) is 10.6. The third-order valence-corrected chi connectivity index (χ3v) is 4.91. The highest BCUT2D eigenvalue weighted by atomic mass is 32.2. The number of hydrogen-bond donors (Lipinski definition) is 1. The fourth-order valence-electron chi connectivity index (χ4n) is 2.45. The number of nitrogens with zero attached hydrogens (tertiary/aromatic N) is 3. The van der Waals surface area contributed by atoms with E-state index in [9.17, 15) is 9.18 Å². The molecule has 1 aromatic heterocycles. The van der Waals surface area contributed by atoms with Gasteiger partial charge >= 0.3 is 0 Å². The monoisotopic (exact) mass is 386 g/mol. The summed E-state index contributed by atoms with van der Waals surface area (Å²) in [6.45, 7) is 0. The molecule has 0 bridgehead atoms. The summed E-state index contributed by atoms with van der Waals surface area (Å²) in [7, 11) is 3.37. The number of halogens is 1. The average Bonchev–Trinajstić information content (AvgIpc) is 3.03. The van der Waals surface area contributed by atoms with E-state index >= 15 is 0 Å². The Kier molecular flexibility index (Phi) is 6.08. The molecule has 27 heavy (non-hydrogen) atoms. The molecule has 1 N–H and O–H groups in total. The van der Waals surface area contributed by atoms with E-state index in [0.717, 1.165) is 5.75 Å². The van der Waals surface area contributed by atoms with E-state index in [4.69, 9.17) is 4.74 Å². The molecule has 1 amide bonds. The van der Waals surface area contributed by atoms with Gasteiger partial charge in [-0.2, -0.15) is 0 Å². The van der Waals surface area contributed by atoms with Gasteiger partial charge in [0.25, 0.3) is 0 Å². The first-order valence-corrected chi connectivity index (χ1v) is 9.28. The first kappa shape index (κ1) is 18.9. The first-order valence-electron chi connectivity index (χ1n) is 8.29. The van der Waals surface area contributed by atoms with Gasteiger partial charge in [-0.15, -0.1) is 10.2 Å². The number of aromatic nitrogens is 3. The van der Waals surface area contributed by atoms with Crippen LogP contribution in [0.25, 0.3) is 11.4 Å². The van der Waals surface area contributed by atoms with Gasteiger partial charge in [-0.25, -0.2) is 4.39 Å². The van der Waals surface area contributed by atoms with Crippen molar-refractivity contribution in [1.82, 2.24) is 14.8 Å². The number of hydrogen-bond acceptors (Lipinski definition) is 5. The summed E-state index contributed by atoms with van der Waals surface area (Å²) in [5.41, 5.74) is 1.11. The van der Waals surface area contributed by atoms with Crippen LogP contribution in [-0.2, 0) is 11.8 Å². The quantitative estimate of drug-likeness (QED) is 0.627. The largest absolute Gasteiger partial charge is 0.497 e. The van der Waals surface area contributed by atoms with Gasteiger partial charge in [0.2, 0.25) is 5.91 Å². The molecule has 3 aromatic rings. The molecule has 0 unspecified atom stereocenters. The van der Waals surface area contributed by atoms with Crippen LogP contribution in [0.15, 0.2) is 53.7 Å². The van der Waals surface area contributed by atoms with E-state index in [1.807, 2.05) is 0 Å². The maximum absolute atomic E-state index is 13.9. The lowest BCUT2D eigenvalue weighted by Crippen LogP contribution is -2.12. The number of methoxy groups -OCH3 is 1. The Balaban J connectivity index is 1.54. The Labute approximate surface area is 160 Å². The summed E-state index contributed by atoms with van der Waals surface area (Å²) in [6.07, 6.45) is 0.318. The molecule has 0 aliphatic rings. The molecular weight excluding hydrogens is 367 g/mol. The topological polar surface area (TPSA) is 69.0 Å². The van der Waals surface area contributed by atoms with Crippen LogP contribution in [0.2, 0.25) is 0 Å². The molecule has 0 fully saturated rings. The SMILES string of the molecule is COc1ccc(NC(=O)CCSc2nnc(-c3ccccc3F)n2C)cc1. The molecule has 0 aliphatic heterocycles. The fraction of sp³-hybridized carbons (Fsp3) is 0.211. The number of thioether (sulfide) groups is 1. The van der Waals surface area contributed by atoms with Crippen LogP contribution in [0, 0.1) is 5.82 Å². The van der Waals surface area contributed by atoms with Gasteiger partial charge in [0, 0.05) is 24.9 Å². The first-order chi connectivity index (χ1) is 13.1. The minimum atomic E-state index is -0.344. The van der Waals surface area contributed by atoms with Gasteiger partial charge in [-0.3, -0.25) is 4.79 Å². The molecule has 2 aromatic carbocycles. The standard InChI is InChI=1S/C19H19FN4O2S/c1-24-18(15-5-3-4-6-16(15)20)22-23-19(24)27-12-11-17(25)21-13-7-9-14(26-2)10-8-13/h3-10H,11-12H2,1-2H3,(H,21,25). The van der Waals surface area contributed by atoms with E-state index < -0.39 is 0 Å². The highest BCUT2D eigenvalue weighted by Gasteiger charge is 2.14. The van der Waals surface area contributed by atoms with Gasteiger partial charge in [-0.05, 0) is 36.4 Å². The number of anilines is 1. The lowest BCUT2D eigenvalue weighted by Gasteiger charge is -2.07. The number of nitrogens with one attached hydrogen (secondary N) is 1. The lowest BCUT2D eigenvalue weighted by molar-refractivity contribution is -0.115. The second kappa shape index (κ2) is 8.68. The van der Waals surface area contributed by atoms with Crippen molar-refractivity contribution in [2.75, 3.05) is 18.2 Å². The van der Waals surface area contributed by atoms with Gasteiger partial charge in [0.05, 0.1) is 12.7 Å². The summed E-state index contributed by atoms with van der Waals surface area (Å²) in [5.74, 6) is 1.29. The van der Waals surface area contributed by atoms with E-state index in [1.54, 1.807) is 61.2 Å². The van der Waals surface area contributed by atoms with Crippen molar-refractivity contribution >= 4 is 23.4 Å². The van der Waals surface area contributed by atoms with Crippen molar-refractivity contribution in [3.8, 4) is 17.1 Å². The van der Waals surface area contributed by atoms with Gasteiger partial charge in [0.1, 0.15) is 11.6 Å². The fourth-order valence-corrected chi connectivity index (χ4v) is 3.30. The Bertz CT molecular complexity index is 928. The van der Waals surface area contributed by atoms with Crippen molar-refractivity contribution in [2.24, 2.45) is 7.05 Å². The zero-order valence-electron chi connectivity index (χ0n) is 15.0. The molecule has 1 heterocycles. The average molecular weight is 386 g/mol. The Morgan fingerprint density at radius 2 is 1.93 bits per heavy atom. The predicted octanol–water partition coefficient (Wildman–Crippen LogP) is 3.75. The van der Waals surface area contributed by atoms with Crippen LogP contribution in [0.4, 0.5) is 10.1 Å². The second-order valence-corrected chi connectivity index (χ2v) is 6.78. The molecule has 6 nitrogen and oxygen atoms in total. The van der Waals surface area contributed by atoms with Crippen molar-refractivity contribution in [3.05, 3.63) is 54.3 Å². The van der Waals surface area contributed by atoms with Gasteiger partial charge in [-0.1, -0.05) is 23.9 Å². The molecular formula is C19H19FN4O2S. The van der Waals surface area contributed by atoms with Crippen molar-refractivity contribution < 1.29 is 13.9 Å². The predicted molar refractivity (Wildman–Crippen MR) is 103 cm³/mol. The summed E-state index contributed by atoms with van der Waals surface area (Å²) in [5, 5.41) is 11.6. The third-order valence-electron chi connectivity index (χ3n) is 3.88. The van der Waals surface area contributed by atoms with Crippen LogP contribution in [0.5, 0.6) is 5.75 Å². The summed E-state index contributed by atoms with van der Waals surface area (Å²) in [6, 6.07) is 13.6. The maximum atomic E-state index is 13.9. The molecule has 140 valence electrons. The summed E-state index contributed by atoms with van der Waals surface area (Å²) in [4.78, 5) is 12.1. The molecule has 0 spiro atoms. The molecule has 0 saturated carbocycles. The maximum Gasteiger partial charge on any atom is 0.225 e. The summed E-state index contributed by atoms with van der Waals surface area (Å²) >= 11 is 1.40. The molecule has 3 rings (SSSR count). The second-order valence-electron chi connectivity index (χ2n) is 5.72. The third kappa shape index (κ3) is 4.65. The number of benzene rings is 2. The summed E-state index contributed by atoms with van der Waals surface area (Å²) < 4.78 is 20.7. The zero-order valence-corrected chi connectivity index (χ0v) is 15.8. The molecule has 8 heteroatoms. The van der Waals surface area contributed by atoms with Crippen LogP contribution >= 0.6 is 11.8 Å². The van der Waals surface area contributed by atoms with Crippen molar-refractivity contribution in [1.29, 1.82) is 0 Å². The number of rotatable bonds is 7. The highest BCUT2D eigenvalue weighted by molar-refractivity contribution is 7.99. The lowest BCUT2D eigenvalue weighted by atomic mass is 10.2. The van der Waals surface area contributed by atoms with Gasteiger partial charge < -0.3 is 14.6 Å². The highest BCUT2D eigenvalue weighted by Crippen LogP contribution is 2.25. The number of amides is 1. The van der Waals surface area contributed by atoms with E-state index in [1.165, 1.54) is 17.8 Å². The number of ether oxygens (including phenoxy) is 1. The minimum absolute atomic E-state index is 0.0934. The molecule has 0 radical (unpaired) electrons. The van der Waals surface area contributed by atoms with Crippen LogP contribution in [0.3, 0.4) is 0 Å². The molecule has 0 saturated heterocycles. The van der Waals surface area contributed by atoms with E-state index in [2.05, 4.69) is 15.5 Å². The molecule has 0 aliphatic carbocycles. The molecule has 0 atom stereocenters. The number of carbonyl (C=O) groups excluding carboxylic acids is 1. The number of carbonyl (C=O) groups is 1. The van der Waals surface area contributed by atoms with Crippen molar-refractivity contribution in [3.63, 3.8) is 0 Å². The van der Waals surface area contributed by atoms with Crippen molar-refractivity contribution in [2.45, 2.75) is 11.6 Å². The van der Waals surface area contributed by atoms with Crippen LogP contribution in [0.1, 0.15) is 6.42 Å². The smallest absolute Gasteiger partial charge is 0.225 e. The Morgan fingerprint density at radius 1 is 1.19 bits per heavy atom. The van der Waals surface area contributed by atoms with Crippen LogP contribution in [-0.4, -0.2) is 33.5 Å². The minimum Gasteiger partial charge on any atom is -0.497 e.